The zero-order valence-corrected chi connectivity index (χ0v) is 13.8. The number of rotatable bonds is 3. The van der Waals surface area contributed by atoms with Crippen LogP contribution in [-0.4, -0.2) is 47.1 Å². The molecule has 0 bridgehead atoms. The van der Waals surface area contributed by atoms with Gasteiger partial charge in [0.2, 0.25) is 5.91 Å². The number of carbonyl (C=O) groups is 1. The highest BCUT2D eigenvalue weighted by molar-refractivity contribution is 5.83. The van der Waals surface area contributed by atoms with Gasteiger partial charge in [0.25, 0.3) is 0 Å². The highest BCUT2D eigenvalue weighted by atomic mass is 19.1. The molecule has 1 fully saturated rings. The van der Waals surface area contributed by atoms with Crippen LogP contribution in [0, 0.1) is 11.6 Å². The average Bonchev–Trinajstić information content (AvgIpc) is 2.61. The molecule has 1 aliphatic heterocycles. The maximum atomic E-state index is 13.9. The molecule has 2 heterocycles. The Morgan fingerprint density at radius 1 is 1.16 bits per heavy atom. The number of anilines is 1. The Labute approximate surface area is 144 Å². The molecule has 1 atom stereocenters. The van der Waals surface area contributed by atoms with Gasteiger partial charge in [-0.15, -0.1) is 0 Å². The first-order chi connectivity index (χ1) is 12.0. The smallest absolute Gasteiger partial charge is 0.230 e. The van der Waals surface area contributed by atoms with E-state index >= 15 is 0 Å². The van der Waals surface area contributed by atoms with Gasteiger partial charge in [0, 0.05) is 37.8 Å². The standard InChI is InChI=1S/C18H19F2N3O2/c1-12(15-4-2-13(19)10-16(15)20)18(25)23-8-6-22(7-9-23)17-5-3-14(24)11-21-17/h2-5,10-12,24H,6-9H2,1H3. The second-order valence-electron chi connectivity index (χ2n) is 6.07. The fraction of sp³-hybridized carbons (Fsp3) is 0.333. The van der Waals surface area contributed by atoms with Crippen LogP contribution in [0.3, 0.4) is 0 Å². The first-order valence-corrected chi connectivity index (χ1v) is 8.09. The van der Waals surface area contributed by atoms with Crippen molar-refractivity contribution in [1.29, 1.82) is 0 Å². The summed E-state index contributed by atoms with van der Waals surface area (Å²) in [6.07, 6.45) is 1.38. The van der Waals surface area contributed by atoms with E-state index in [2.05, 4.69) is 4.98 Å². The minimum atomic E-state index is -0.701. The Morgan fingerprint density at radius 3 is 2.48 bits per heavy atom. The SMILES string of the molecule is CC(C(=O)N1CCN(c2ccc(O)cn2)CC1)c1ccc(F)cc1F. The molecule has 1 amide bonds. The third-order valence-electron chi connectivity index (χ3n) is 4.45. The molecule has 7 heteroatoms. The number of aromatic hydroxyl groups is 1. The zero-order chi connectivity index (χ0) is 18.0. The second kappa shape index (κ2) is 7.04. The van der Waals surface area contributed by atoms with E-state index in [-0.39, 0.29) is 17.2 Å². The molecule has 0 saturated carbocycles. The summed E-state index contributed by atoms with van der Waals surface area (Å²) in [6.45, 7) is 3.82. The maximum absolute atomic E-state index is 13.9. The fourth-order valence-electron chi connectivity index (χ4n) is 2.98. The van der Waals surface area contributed by atoms with Crippen molar-refractivity contribution in [2.75, 3.05) is 31.1 Å². The molecule has 0 aliphatic carbocycles. The molecule has 5 nitrogen and oxygen atoms in total. The molecule has 25 heavy (non-hydrogen) atoms. The number of pyridine rings is 1. The summed E-state index contributed by atoms with van der Waals surface area (Å²) in [4.78, 5) is 20.5. The molecule has 1 saturated heterocycles. The van der Waals surface area contributed by atoms with E-state index in [1.165, 1.54) is 12.3 Å². The molecule has 2 aromatic rings. The molecule has 1 unspecified atom stereocenters. The Kier molecular flexibility index (Phi) is 4.83. The third kappa shape index (κ3) is 3.70. The molecular formula is C18H19F2N3O2. The lowest BCUT2D eigenvalue weighted by Gasteiger charge is -2.36. The lowest BCUT2D eigenvalue weighted by Crippen LogP contribution is -2.50. The normalized spacial score (nSPS) is 16.0. The molecule has 1 N–H and O–H groups in total. The van der Waals surface area contributed by atoms with Gasteiger partial charge in [-0.2, -0.15) is 0 Å². The molecule has 0 spiro atoms. The molecule has 0 radical (unpaired) electrons. The summed E-state index contributed by atoms with van der Waals surface area (Å²) in [5, 5.41) is 9.29. The fourth-order valence-corrected chi connectivity index (χ4v) is 2.98. The van der Waals surface area contributed by atoms with Crippen LogP contribution in [0.15, 0.2) is 36.5 Å². The first-order valence-electron chi connectivity index (χ1n) is 8.09. The van der Waals surface area contributed by atoms with E-state index in [9.17, 15) is 18.7 Å². The number of carbonyl (C=O) groups excluding carboxylic acids is 1. The Bertz CT molecular complexity index is 759. The lowest BCUT2D eigenvalue weighted by atomic mass is 9.98. The van der Waals surface area contributed by atoms with Crippen LogP contribution in [0.2, 0.25) is 0 Å². The van der Waals surface area contributed by atoms with Gasteiger partial charge in [-0.25, -0.2) is 13.8 Å². The summed E-state index contributed by atoms with van der Waals surface area (Å²) in [7, 11) is 0. The Morgan fingerprint density at radius 2 is 1.88 bits per heavy atom. The number of benzene rings is 1. The monoisotopic (exact) mass is 347 g/mol. The lowest BCUT2D eigenvalue weighted by molar-refractivity contribution is -0.132. The van der Waals surface area contributed by atoms with Gasteiger partial charge in [0.1, 0.15) is 23.2 Å². The van der Waals surface area contributed by atoms with E-state index in [0.29, 0.717) is 26.2 Å². The molecule has 1 aromatic heterocycles. The summed E-state index contributed by atoms with van der Waals surface area (Å²) in [5.74, 6) is -1.36. The van der Waals surface area contributed by atoms with Gasteiger partial charge in [-0.3, -0.25) is 4.79 Å². The predicted octanol–water partition coefficient (Wildman–Crippen LogP) is 2.52. The average molecular weight is 347 g/mol. The minimum Gasteiger partial charge on any atom is -0.506 e. The second-order valence-corrected chi connectivity index (χ2v) is 6.07. The van der Waals surface area contributed by atoms with Crippen LogP contribution in [-0.2, 0) is 4.79 Å². The van der Waals surface area contributed by atoms with Crippen LogP contribution < -0.4 is 4.90 Å². The van der Waals surface area contributed by atoms with Gasteiger partial charge in [0.05, 0.1) is 12.1 Å². The van der Waals surface area contributed by atoms with Crippen LogP contribution in [0.4, 0.5) is 14.6 Å². The third-order valence-corrected chi connectivity index (χ3v) is 4.45. The Hall–Kier alpha value is -2.70. The van der Waals surface area contributed by atoms with Crippen molar-refractivity contribution >= 4 is 11.7 Å². The number of aromatic nitrogens is 1. The quantitative estimate of drug-likeness (QED) is 0.927. The number of hydrogen-bond acceptors (Lipinski definition) is 4. The van der Waals surface area contributed by atoms with Crippen LogP contribution in [0.1, 0.15) is 18.4 Å². The van der Waals surface area contributed by atoms with E-state index < -0.39 is 17.6 Å². The van der Waals surface area contributed by atoms with Crippen molar-refractivity contribution in [2.45, 2.75) is 12.8 Å². The largest absolute Gasteiger partial charge is 0.506 e. The zero-order valence-electron chi connectivity index (χ0n) is 13.8. The molecule has 1 aromatic carbocycles. The molecule has 1 aliphatic rings. The van der Waals surface area contributed by atoms with Gasteiger partial charge in [0.15, 0.2) is 0 Å². The van der Waals surface area contributed by atoms with Crippen LogP contribution >= 0.6 is 0 Å². The van der Waals surface area contributed by atoms with E-state index in [1.54, 1.807) is 24.0 Å². The number of nitrogens with zero attached hydrogens (tertiary/aromatic N) is 3. The number of amides is 1. The van der Waals surface area contributed by atoms with Crippen molar-refractivity contribution in [3.05, 3.63) is 53.7 Å². The minimum absolute atomic E-state index is 0.104. The molecule has 132 valence electrons. The molecule has 3 rings (SSSR count). The maximum Gasteiger partial charge on any atom is 0.230 e. The van der Waals surface area contributed by atoms with Crippen molar-refractivity contribution in [3.8, 4) is 5.75 Å². The highest BCUT2D eigenvalue weighted by Gasteiger charge is 2.27. The van der Waals surface area contributed by atoms with Gasteiger partial charge in [-0.1, -0.05) is 6.07 Å². The highest BCUT2D eigenvalue weighted by Crippen LogP contribution is 2.23. The van der Waals surface area contributed by atoms with Crippen LogP contribution in [0.5, 0.6) is 5.75 Å². The van der Waals surface area contributed by atoms with Gasteiger partial charge < -0.3 is 14.9 Å². The number of piperazine rings is 1. The van der Waals surface area contributed by atoms with Crippen molar-refractivity contribution in [2.24, 2.45) is 0 Å². The van der Waals surface area contributed by atoms with Crippen molar-refractivity contribution in [3.63, 3.8) is 0 Å². The summed E-state index contributed by atoms with van der Waals surface area (Å²) < 4.78 is 26.9. The predicted molar refractivity (Wildman–Crippen MR) is 89.5 cm³/mol. The van der Waals surface area contributed by atoms with Crippen molar-refractivity contribution in [1.82, 2.24) is 9.88 Å². The topological polar surface area (TPSA) is 56.7 Å². The first kappa shape index (κ1) is 17.1. The molecular weight excluding hydrogens is 328 g/mol. The summed E-state index contributed by atoms with van der Waals surface area (Å²) in [6, 6.07) is 6.58. The summed E-state index contributed by atoms with van der Waals surface area (Å²) >= 11 is 0. The van der Waals surface area contributed by atoms with Crippen molar-refractivity contribution < 1.29 is 18.7 Å². The van der Waals surface area contributed by atoms with Gasteiger partial charge >= 0.3 is 0 Å². The number of hydrogen-bond donors (Lipinski definition) is 1. The summed E-state index contributed by atoms with van der Waals surface area (Å²) in [5.41, 5.74) is 0.203. The van der Waals surface area contributed by atoms with E-state index in [1.807, 2.05) is 4.90 Å². The number of halogens is 2. The van der Waals surface area contributed by atoms with Gasteiger partial charge in [-0.05, 0) is 25.1 Å². The Balaban J connectivity index is 1.63. The van der Waals surface area contributed by atoms with E-state index in [0.717, 1.165) is 18.0 Å². The van der Waals surface area contributed by atoms with E-state index in [4.69, 9.17) is 0 Å². The van der Waals surface area contributed by atoms with Crippen LogP contribution in [0.25, 0.3) is 0 Å².